The highest BCUT2D eigenvalue weighted by Gasteiger charge is 2.09. The van der Waals surface area contributed by atoms with E-state index in [1.54, 1.807) is 0 Å². The summed E-state index contributed by atoms with van der Waals surface area (Å²) in [4.78, 5) is 0. The van der Waals surface area contributed by atoms with E-state index in [1.165, 1.54) is 32.7 Å². The van der Waals surface area contributed by atoms with Gasteiger partial charge in [-0.2, -0.15) is 0 Å². The van der Waals surface area contributed by atoms with Gasteiger partial charge >= 0.3 is 0 Å². The Labute approximate surface area is 140 Å². The Bertz CT molecular complexity index is 1170. The van der Waals surface area contributed by atoms with Crippen molar-refractivity contribution in [2.75, 3.05) is 0 Å². The first kappa shape index (κ1) is 13.4. The Morgan fingerprint density at radius 1 is 0.542 bits per heavy atom. The quantitative estimate of drug-likeness (QED) is 0.371. The fraction of sp³-hybridized carbons (Fsp3) is 0.0435. The van der Waals surface area contributed by atoms with Crippen LogP contribution in [0.25, 0.3) is 32.7 Å². The first-order valence-electron chi connectivity index (χ1n) is 8.25. The third-order valence-electron chi connectivity index (χ3n) is 4.66. The number of rotatable bonds is 2. The van der Waals surface area contributed by atoms with Crippen molar-refractivity contribution >= 4 is 32.7 Å². The van der Waals surface area contributed by atoms with E-state index < -0.39 is 0 Å². The molecular formula is C23H16O. The standard InChI is InChI=1S/C23H16O/c1-2-6-16(7-3-1)12-17-10-11-20-21-14-18-8-4-5-9-19(18)15-23(21)24-22(20)13-17/h1-11,13-15H,12H2. The number of fused-ring (bicyclic) bond motifs is 4. The summed E-state index contributed by atoms with van der Waals surface area (Å²) in [6, 6.07) is 29.9. The molecule has 0 radical (unpaired) electrons. The second-order valence-electron chi connectivity index (χ2n) is 6.29. The lowest BCUT2D eigenvalue weighted by atomic mass is 10.0. The summed E-state index contributed by atoms with van der Waals surface area (Å²) < 4.78 is 6.14. The number of hydrogen-bond acceptors (Lipinski definition) is 1. The summed E-state index contributed by atoms with van der Waals surface area (Å²) >= 11 is 0. The van der Waals surface area contributed by atoms with Gasteiger partial charge in [-0.1, -0.05) is 66.7 Å². The van der Waals surface area contributed by atoms with Crippen LogP contribution in [0.1, 0.15) is 11.1 Å². The average molecular weight is 308 g/mol. The first-order valence-corrected chi connectivity index (χ1v) is 8.25. The van der Waals surface area contributed by atoms with E-state index >= 15 is 0 Å². The summed E-state index contributed by atoms with van der Waals surface area (Å²) in [6.07, 6.45) is 0.926. The maximum Gasteiger partial charge on any atom is 0.136 e. The molecule has 5 rings (SSSR count). The van der Waals surface area contributed by atoms with Crippen molar-refractivity contribution in [2.45, 2.75) is 6.42 Å². The summed E-state index contributed by atoms with van der Waals surface area (Å²) in [6.45, 7) is 0. The van der Waals surface area contributed by atoms with E-state index in [0.29, 0.717) is 0 Å². The normalized spacial score (nSPS) is 11.5. The van der Waals surface area contributed by atoms with Crippen LogP contribution in [0.5, 0.6) is 0 Å². The number of benzene rings is 4. The summed E-state index contributed by atoms with van der Waals surface area (Å²) in [5.41, 5.74) is 4.52. The molecule has 0 atom stereocenters. The maximum atomic E-state index is 6.14. The van der Waals surface area contributed by atoms with Crippen LogP contribution < -0.4 is 0 Å². The van der Waals surface area contributed by atoms with Gasteiger partial charge in [0.05, 0.1) is 0 Å². The molecule has 0 saturated heterocycles. The van der Waals surface area contributed by atoms with Gasteiger partial charge in [0.25, 0.3) is 0 Å². The van der Waals surface area contributed by atoms with Crippen molar-refractivity contribution < 1.29 is 4.42 Å². The van der Waals surface area contributed by atoms with E-state index in [-0.39, 0.29) is 0 Å². The van der Waals surface area contributed by atoms with Gasteiger partial charge in [-0.25, -0.2) is 0 Å². The van der Waals surface area contributed by atoms with Crippen LogP contribution in [-0.4, -0.2) is 0 Å². The third kappa shape index (κ3) is 2.17. The third-order valence-corrected chi connectivity index (χ3v) is 4.66. The zero-order chi connectivity index (χ0) is 15.9. The van der Waals surface area contributed by atoms with Gasteiger partial charge < -0.3 is 4.42 Å². The Morgan fingerprint density at radius 3 is 2.08 bits per heavy atom. The molecule has 0 saturated carbocycles. The van der Waals surface area contributed by atoms with Gasteiger partial charge in [-0.3, -0.25) is 0 Å². The molecule has 0 aliphatic carbocycles. The van der Waals surface area contributed by atoms with Crippen molar-refractivity contribution in [3.05, 3.63) is 96.1 Å². The van der Waals surface area contributed by atoms with Crippen molar-refractivity contribution in [1.82, 2.24) is 0 Å². The average Bonchev–Trinajstić information content (AvgIpc) is 2.97. The molecule has 1 nitrogen and oxygen atoms in total. The molecule has 0 aliphatic rings. The molecule has 0 fully saturated rings. The van der Waals surface area contributed by atoms with Crippen molar-refractivity contribution in [3.8, 4) is 0 Å². The fourth-order valence-electron chi connectivity index (χ4n) is 3.45. The Hall–Kier alpha value is -3.06. The SMILES string of the molecule is c1ccc(Cc2ccc3c(c2)oc2cc4ccccc4cc23)cc1. The smallest absolute Gasteiger partial charge is 0.136 e. The highest BCUT2D eigenvalue weighted by Crippen LogP contribution is 2.32. The summed E-state index contributed by atoms with van der Waals surface area (Å²) in [5, 5.41) is 4.84. The van der Waals surface area contributed by atoms with Gasteiger partial charge in [-0.05, 0) is 46.5 Å². The lowest BCUT2D eigenvalue weighted by Crippen LogP contribution is -1.86. The van der Waals surface area contributed by atoms with Gasteiger partial charge in [0.2, 0.25) is 0 Å². The molecule has 0 unspecified atom stereocenters. The fourth-order valence-corrected chi connectivity index (χ4v) is 3.45. The van der Waals surface area contributed by atoms with E-state index in [1.807, 2.05) is 0 Å². The van der Waals surface area contributed by atoms with Crippen molar-refractivity contribution in [2.24, 2.45) is 0 Å². The Balaban J connectivity index is 1.67. The molecule has 0 amide bonds. The predicted octanol–water partition coefficient (Wildman–Crippen LogP) is 6.33. The molecule has 0 N–H and O–H groups in total. The second kappa shape index (κ2) is 5.24. The molecule has 4 aromatic carbocycles. The summed E-state index contributed by atoms with van der Waals surface area (Å²) in [5.74, 6) is 0. The van der Waals surface area contributed by atoms with Crippen LogP contribution >= 0.6 is 0 Å². The molecule has 0 spiro atoms. The Kier molecular flexibility index (Phi) is 2.92. The lowest BCUT2D eigenvalue weighted by molar-refractivity contribution is 0.669. The van der Waals surface area contributed by atoms with Crippen LogP contribution in [0.4, 0.5) is 0 Å². The van der Waals surface area contributed by atoms with Crippen LogP contribution in [0, 0.1) is 0 Å². The predicted molar refractivity (Wildman–Crippen MR) is 100 cm³/mol. The van der Waals surface area contributed by atoms with Crippen LogP contribution in [0.15, 0.2) is 89.3 Å². The minimum absolute atomic E-state index is 0.926. The summed E-state index contributed by atoms with van der Waals surface area (Å²) in [7, 11) is 0. The topological polar surface area (TPSA) is 13.1 Å². The maximum absolute atomic E-state index is 6.14. The molecule has 1 heteroatoms. The van der Waals surface area contributed by atoms with E-state index in [2.05, 4.69) is 84.9 Å². The van der Waals surface area contributed by atoms with Crippen LogP contribution in [0.3, 0.4) is 0 Å². The second-order valence-corrected chi connectivity index (χ2v) is 6.29. The lowest BCUT2D eigenvalue weighted by Gasteiger charge is -2.01. The Morgan fingerprint density at radius 2 is 1.25 bits per heavy atom. The van der Waals surface area contributed by atoms with Crippen LogP contribution in [0.2, 0.25) is 0 Å². The van der Waals surface area contributed by atoms with Gasteiger partial charge in [0.15, 0.2) is 0 Å². The van der Waals surface area contributed by atoms with E-state index in [4.69, 9.17) is 4.42 Å². The molecule has 1 aromatic heterocycles. The highest BCUT2D eigenvalue weighted by molar-refractivity contribution is 6.10. The molecule has 0 bridgehead atoms. The number of hydrogen-bond donors (Lipinski definition) is 0. The largest absolute Gasteiger partial charge is 0.456 e. The van der Waals surface area contributed by atoms with Crippen molar-refractivity contribution in [3.63, 3.8) is 0 Å². The molecule has 114 valence electrons. The van der Waals surface area contributed by atoms with Gasteiger partial charge in [-0.15, -0.1) is 0 Å². The van der Waals surface area contributed by atoms with Crippen molar-refractivity contribution in [1.29, 1.82) is 0 Å². The number of furan rings is 1. The van der Waals surface area contributed by atoms with E-state index in [9.17, 15) is 0 Å². The monoisotopic (exact) mass is 308 g/mol. The van der Waals surface area contributed by atoms with Gasteiger partial charge in [0.1, 0.15) is 11.2 Å². The molecule has 24 heavy (non-hydrogen) atoms. The first-order chi connectivity index (χ1) is 11.9. The molecule has 0 aliphatic heterocycles. The molecule has 5 aromatic rings. The molecule has 1 heterocycles. The molecular weight excluding hydrogens is 292 g/mol. The minimum atomic E-state index is 0.926. The minimum Gasteiger partial charge on any atom is -0.456 e. The van der Waals surface area contributed by atoms with Gasteiger partial charge in [0, 0.05) is 10.8 Å². The van der Waals surface area contributed by atoms with Crippen LogP contribution in [-0.2, 0) is 6.42 Å². The highest BCUT2D eigenvalue weighted by atomic mass is 16.3. The zero-order valence-electron chi connectivity index (χ0n) is 13.2. The van der Waals surface area contributed by atoms with E-state index in [0.717, 1.165) is 17.6 Å². The zero-order valence-corrected chi connectivity index (χ0v) is 13.2.